The van der Waals surface area contributed by atoms with Gasteiger partial charge in [-0.3, -0.25) is 4.79 Å². The van der Waals surface area contributed by atoms with Gasteiger partial charge in [0.05, 0.1) is 30.7 Å². The highest BCUT2D eigenvalue weighted by Crippen LogP contribution is 2.40. The maximum Gasteiger partial charge on any atom is 0.227 e. The van der Waals surface area contributed by atoms with E-state index in [-0.39, 0.29) is 11.3 Å². The minimum Gasteiger partial charge on any atom is -0.376 e. The molecule has 1 amide bonds. The number of carbonyl (C=O) groups excluding carboxylic acids is 1. The highest BCUT2D eigenvalue weighted by molar-refractivity contribution is 5.79. The molecule has 6 nitrogen and oxygen atoms in total. The van der Waals surface area contributed by atoms with Crippen LogP contribution >= 0.6 is 0 Å². The Hall–Kier alpha value is -2.47. The lowest BCUT2D eigenvalue weighted by atomic mass is 9.80. The molecular formula is C23H28N4O2. The Kier molecular flexibility index (Phi) is 4.74. The van der Waals surface area contributed by atoms with Crippen molar-refractivity contribution in [1.82, 2.24) is 14.9 Å². The summed E-state index contributed by atoms with van der Waals surface area (Å²) in [6.07, 6.45) is 3.93. The van der Waals surface area contributed by atoms with Gasteiger partial charge in [0, 0.05) is 30.9 Å². The number of amides is 1. The molecule has 29 heavy (non-hydrogen) atoms. The van der Waals surface area contributed by atoms with Crippen molar-refractivity contribution in [2.75, 3.05) is 31.6 Å². The van der Waals surface area contributed by atoms with E-state index in [4.69, 9.17) is 9.72 Å². The van der Waals surface area contributed by atoms with Gasteiger partial charge in [0.15, 0.2) is 0 Å². The van der Waals surface area contributed by atoms with Crippen LogP contribution in [0.5, 0.6) is 0 Å². The van der Waals surface area contributed by atoms with Crippen LogP contribution in [0.15, 0.2) is 30.3 Å². The molecule has 1 aromatic heterocycles. The Morgan fingerprint density at radius 2 is 2.10 bits per heavy atom. The first-order valence-electron chi connectivity index (χ1n) is 10.6. The fourth-order valence-corrected chi connectivity index (χ4v) is 4.54. The molecule has 2 aliphatic heterocycles. The molecular weight excluding hydrogens is 364 g/mol. The number of benzene rings is 1. The molecule has 1 aliphatic carbocycles. The van der Waals surface area contributed by atoms with Gasteiger partial charge in [-0.2, -0.15) is 0 Å². The number of likely N-dealkylation sites (tertiary alicyclic amines) is 1. The molecule has 0 unspecified atom stereocenters. The smallest absolute Gasteiger partial charge is 0.227 e. The van der Waals surface area contributed by atoms with Gasteiger partial charge in [0.1, 0.15) is 0 Å². The third-order valence-corrected chi connectivity index (χ3v) is 6.49. The monoisotopic (exact) mass is 392 g/mol. The molecule has 152 valence electrons. The van der Waals surface area contributed by atoms with Gasteiger partial charge in [-0.15, -0.1) is 0 Å². The molecule has 1 N–H and O–H groups in total. The number of carbonyl (C=O) groups is 1. The number of nitrogens with one attached hydrogen (secondary N) is 1. The lowest BCUT2D eigenvalue weighted by Gasteiger charge is -2.35. The highest BCUT2D eigenvalue weighted by atomic mass is 16.5. The van der Waals surface area contributed by atoms with Crippen LogP contribution in [0.1, 0.15) is 41.8 Å². The van der Waals surface area contributed by atoms with Crippen molar-refractivity contribution < 1.29 is 9.53 Å². The number of aryl methyl sites for hydroxylation is 1. The Labute approximate surface area is 171 Å². The average molecular weight is 393 g/mol. The van der Waals surface area contributed by atoms with Crippen LogP contribution in [0.3, 0.4) is 0 Å². The summed E-state index contributed by atoms with van der Waals surface area (Å²) in [5, 5.41) is 3.43. The third kappa shape index (κ3) is 3.73. The lowest BCUT2D eigenvalue weighted by molar-refractivity contribution is -0.129. The van der Waals surface area contributed by atoms with Crippen molar-refractivity contribution in [3.63, 3.8) is 0 Å². The first-order chi connectivity index (χ1) is 14.1. The molecule has 2 fully saturated rings. The van der Waals surface area contributed by atoms with E-state index >= 15 is 0 Å². The van der Waals surface area contributed by atoms with Crippen molar-refractivity contribution in [1.29, 1.82) is 0 Å². The normalized spacial score (nSPS) is 23.3. The molecule has 1 saturated carbocycles. The molecule has 2 aromatic rings. The fourth-order valence-electron chi connectivity index (χ4n) is 4.54. The number of aromatic nitrogens is 2. The molecule has 1 atom stereocenters. The molecule has 3 aliphatic rings. The van der Waals surface area contributed by atoms with Crippen LogP contribution in [0.4, 0.5) is 5.95 Å². The lowest BCUT2D eigenvalue weighted by Crippen LogP contribution is -2.42. The first-order valence-corrected chi connectivity index (χ1v) is 10.6. The molecule has 5 rings (SSSR count). The second kappa shape index (κ2) is 7.41. The minimum atomic E-state index is -0.219. The SMILES string of the molecule is Cc1nc(NCC2CC2)nc2c1COC[C@@]21CCN(C(=O)Cc2ccccc2)C1. The van der Waals surface area contributed by atoms with Crippen molar-refractivity contribution in [2.45, 2.75) is 44.6 Å². The predicted molar refractivity (Wildman–Crippen MR) is 111 cm³/mol. The number of fused-ring (bicyclic) bond motifs is 2. The van der Waals surface area contributed by atoms with E-state index in [1.165, 1.54) is 12.8 Å². The van der Waals surface area contributed by atoms with E-state index in [0.717, 1.165) is 53.9 Å². The molecule has 0 bridgehead atoms. The molecule has 1 aromatic carbocycles. The van der Waals surface area contributed by atoms with E-state index in [9.17, 15) is 4.79 Å². The number of anilines is 1. The molecule has 1 spiro atoms. The van der Waals surface area contributed by atoms with Gasteiger partial charge in [-0.1, -0.05) is 30.3 Å². The highest BCUT2D eigenvalue weighted by Gasteiger charge is 2.46. The summed E-state index contributed by atoms with van der Waals surface area (Å²) < 4.78 is 5.97. The van der Waals surface area contributed by atoms with Gasteiger partial charge < -0.3 is 15.0 Å². The molecule has 1 saturated heterocycles. The van der Waals surface area contributed by atoms with Crippen molar-refractivity contribution in [2.24, 2.45) is 5.92 Å². The minimum absolute atomic E-state index is 0.179. The van der Waals surface area contributed by atoms with E-state index in [0.29, 0.717) is 26.2 Å². The Balaban J connectivity index is 1.36. The van der Waals surface area contributed by atoms with Gasteiger partial charge in [-0.05, 0) is 37.7 Å². The van der Waals surface area contributed by atoms with Crippen molar-refractivity contribution in [3.8, 4) is 0 Å². The van der Waals surface area contributed by atoms with E-state index in [1.807, 2.05) is 42.2 Å². The first kappa shape index (κ1) is 18.6. The summed E-state index contributed by atoms with van der Waals surface area (Å²) >= 11 is 0. The quantitative estimate of drug-likeness (QED) is 0.848. The number of hydrogen-bond donors (Lipinski definition) is 1. The van der Waals surface area contributed by atoms with Gasteiger partial charge in [0.25, 0.3) is 0 Å². The zero-order valence-electron chi connectivity index (χ0n) is 17.0. The Morgan fingerprint density at radius 3 is 2.90 bits per heavy atom. The number of hydrogen-bond acceptors (Lipinski definition) is 5. The molecule has 3 heterocycles. The van der Waals surface area contributed by atoms with Crippen LogP contribution in [-0.2, 0) is 28.0 Å². The largest absolute Gasteiger partial charge is 0.376 e. The van der Waals surface area contributed by atoms with E-state index < -0.39 is 0 Å². The third-order valence-electron chi connectivity index (χ3n) is 6.49. The molecule has 0 radical (unpaired) electrons. The summed E-state index contributed by atoms with van der Waals surface area (Å²) in [7, 11) is 0. The summed E-state index contributed by atoms with van der Waals surface area (Å²) in [6.45, 7) is 5.59. The summed E-state index contributed by atoms with van der Waals surface area (Å²) in [4.78, 5) is 24.5. The van der Waals surface area contributed by atoms with Crippen LogP contribution in [-0.4, -0.2) is 47.0 Å². The predicted octanol–water partition coefficient (Wildman–Crippen LogP) is 2.85. The maximum absolute atomic E-state index is 12.9. The van der Waals surface area contributed by atoms with Gasteiger partial charge in [-0.25, -0.2) is 9.97 Å². The summed E-state index contributed by atoms with van der Waals surface area (Å²) in [6, 6.07) is 9.96. The second-order valence-corrected chi connectivity index (χ2v) is 8.78. The van der Waals surface area contributed by atoms with Gasteiger partial charge >= 0.3 is 0 Å². The standard InChI is InChI=1S/C23H28N4O2/c1-16-19-13-29-15-23(21(19)26-22(25-16)24-12-18-7-8-18)9-10-27(14-23)20(28)11-17-5-3-2-4-6-17/h2-6,18H,7-15H2,1H3,(H,24,25,26)/t23-/m0/s1. The van der Waals surface area contributed by atoms with Crippen LogP contribution in [0.25, 0.3) is 0 Å². The number of nitrogens with zero attached hydrogens (tertiary/aromatic N) is 3. The second-order valence-electron chi connectivity index (χ2n) is 8.78. The van der Waals surface area contributed by atoms with Crippen molar-refractivity contribution in [3.05, 3.63) is 52.8 Å². The zero-order chi connectivity index (χ0) is 19.8. The van der Waals surface area contributed by atoms with Crippen molar-refractivity contribution >= 4 is 11.9 Å². The molecule has 6 heteroatoms. The maximum atomic E-state index is 12.9. The number of rotatable bonds is 5. The topological polar surface area (TPSA) is 67.4 Å². The summed E-state index contributed by atoms with van der Waals surface area (Å²) in [5.41, 5.74) is 4.02. The van der Waals surface area contributed by atoms with Crippen LogP contribution < -0.4 is 5.32 Å². The number of ether oxygens (including phenoxy) is 1. The Morgan fingerprint density at radius 1 is 1.28 bits per heavy atom. The summed E-state index contributed by atoms with van der Waals surface area (Å²) in [5.74, 6) is 1.67. The zero-order valence-corrected chi connectivity index (χ0v) is 17.0. The van der Waals surface area contributed by atoms with E-state index in [1.54, 1.807) is 0 Å². The average Bonchev–Trinajstić information content (AvgIpc) is 3.47. The van der Waals surface area contributed by atoms with Gasteiger partial charge in [0.2, 0.25) is 11.9 Å². The van der Waals surface area contributed by atoms with E-state index in [2.05, 4.69) is 10.3 Å². The van der Waals surface area contributed by atoms with Crippen LogP contribution in [0.2, 0.25) is 0 Å². The Bertz CT molecular complexity index is 913. The fraction of sp³-hybridized carbons (Fsp3) is 0.522. The van der Waals surface area contributed by atoms with Crippen LogP contribution in [0, 0.1) is 12.8 Å².